The molecule has 0 N–H and O–H groups in total. The molecule has 1 heterocycles. The number of aromatic nitrogens is 1. The summed E-state index contributed by atoms with van der Waals surface area (Å²) in [6.07, 6.45) is 3.60. The third kappa shape index (κ3) is 6.09. The Labute approximate surface area is 200 Å². The number of benzene rings is 2. The van der Waals surface area contributed by atoms with E-state index in [1.165, 1.54) is 0 Å². The number of fused-ring (bicyclic) bond motifs is 1. The number of methoxy groups -OCH3 is 1. The van der Waals surface area contributed by atoms with Gasteiger partial charge in [0.1, 0.15) is 16.4 Å². The van der Waals surface area contributed by atoms with Crippen LogP contribution in [0.4, 0.5) is 10.5 Å². The smallest absolute Gasteiger partial charge is 0.414 e. The Morgan fingerprint density at radius 1 is 1.22 bits per heavy atom. The molecule has 1 aromatic heterocycles. The Bertz CT molecular complexity index is 1150. The number of anilines is 1. The largest absolute Gasteiger partial charge is 0.466 e. The summed E-state index contributed by atoms with van der Waals surface area (Å²) in [5.41, 5.74) is 3.14. The van der Waals surface area contributed by atoms with Gasteiger partial charge in [0.2, 0.25) is 0 Å². The molecule has 0 aliphatic carbocycles. The number of amides is 1. The lowest BCUT2D eigenvalue weighted by Gasteiger charge is -2.25. The van der Waals surface area contributed by atoms with Gasteiger partial charge in [0, 0.05) is 14.2 Å². The third-order valence-electron chi connectivity index (χ3n) is 4.46. The molecule has 170 valence electrons. The van der Waals surface area contributed by atoms with Gasteiger partial charge in [-0.3, -0.25) is 4.90 Å². The zero-order valence-corrected chi connectivity index (χ0v) is 21.5. The summed E-state index contributed by atoms with van der Waals surface area (Å²) in [6.45, 7) is 7.74. The molecular formula is C24H27BrN2O4S. The van der Waals surface area contributed by atoms with Gasteiger partial charge >= 0.3 is 6.09 Å². The molecule has 0 saturated heterocycles. The highest BCUT2D eigenvalue weighted by atomic mass is 79.9. The quantitative estimate of drug-likeness (QED) is 0.332. The Kier molecular flexibility index (Phi) is 7.59. The van der Waals surface area contributed by atoms with Crippen molar-refractivity contribution >= 4 is 61.4 Å². The first-order valence-corrected chi connectivity index (χ1v) is 11.7. The first-order chi connectivity index (χ1) is 15.1. The van der Waals surface area contributed by atoms with Gasteiger partial charge in [-0.25, -0.2) is 9.78 Å². The molecule has 0 saturated carbocycles. The standard InChI is InChI=1S/C24H27BrN2O4S/c1-15-11-18-21(13-19(15)27(5)23(28)31-24(2,3)4)32-22(26-18)10-8-16-7-9-20(17(25)12-16)30-14-29-6/h7-13H,14H2,1-6H3/b10-8+. The molecule has 3 rings (SSSR count). The van der Waals surface area contributed by atoms with E-state index < -0.39 is 5.60 Å². The van der Waals surface area contributed by atoms with Crippen LogP contribution >= 0.6 is 27.3 Å². The summed E-state index contributed by atoms with van der Waals surface area (Å²) < 4.78 is 17.8. The fourth-order valence-electron chi connectivity index (χ4n) is 2.97. The average molecular weight is 519 g/mol. The molecule has 0 aliphatic rings. The summed E-state index contributed by atoms with van der Waals surface area (Å²) in [6, 6.07) is 9.83. The van der Waals surface area contributed by atoms with Gasteiger partial charge < -0.3 is 14.2 Å². The van der Waals surface area contributed by atoms with E-state index in [1.54, 1.807) is 30.4 Å². The lowest BCUT2D eigenvalue weighted by molar-refractivity contribution is 0.0505. The van der Waals surface area contributed by atoms with Crippen LogP contribution < -0.4 is 9.64 Å². The van der Waals surface area contributed by atoms with Gasteiger partial charge in [-0.15, -0.1) is 11.3 Å². The fourth-order valence-corrected chi connectivity index (χ4v) is 4.37. The number of aryl methyl sites for hydroxylation is 1. The molecule has 6 nitrogen and oxygen atoms in total. The molecule has 0 unspecified atom stereocenters. The minimum Gasteiger partial charge on any atom is -0.466 e. The number of halogens is 1. The van der Waals surface area contributed by atoms with Crippen LogP contribution in [-0.4, -0.2) is 37.6 Å². The van der Waals surface area contributed by atoms with Gasteiger partial charge in [0.25, 0.3) is 0 Å². The Morgan fingerprint density at radius 3 is 2.62 bits per heavy atom. The molecule has 8 heteroatoms. The van der Waals surface area contributed by atoms with Crippen molar-refractivity contribution in [3.05, 3.63) is 50.9 Å². The highest BCUT2D eigenvalue weighted by molar-refractivity contribution is 9.10. The number of carbonyl (C=O) groups excluding carboxylic acids is 1. The summed E-state index contributed by atoms with van der Waals surface area (Å²) in [5.74, 6) is 0.723. The van der Waals surface area contributed by atoms with Crippen molar-refractivity contribution in [1.82, 2.24) is 4.98 Å². The molecule has 3 aromatic rings. The minimum atomic E-state index is -0.547. The molecular weight excluding hydrogens is 492 g/mol. The van der Waals surface area contributed by atoms with Crippen LogP contribution in [0, 0.1) is 6.92 Å². The highest BCUT2D eigenvalue weighted by Gasteiger charge is 2.22. The van der Waals surface area contributed by atoms with Gasteiger partial charge in [-0.1, -0.05) is 12.1 Å². The van der Waals surface area contributed by atoms with Crippen molar-refractivity contribution in [2.24, 2.45) is 0 Å². The molecule has 2 aromatic carbocycles. The Morgan fingerprint density at radius 2 is 1.97 bits per heavy atom. The second-order valence-corrected chi connectivity index (χ2v) is 10.2. The number of nitrogens with zero attached hydrogens (tertiary/aromatic N) is 2. The van der Waals surface area contributed by atoms with E-state index >= 15 is 0 Å². The van der Waals surface area contributed by atoms with Crippen LogP contribution in [0.1, 0.15) is 36.9 Å². The topological polar surface area (TPSA) is 60.9 Å². The molecule has 32 heavy (non-hydrogen) atoms. The van der Waals surface area contributed by atoms with Gasteiger partial charge in [-0.05, 0) is 85.1 Å². The maximum atomic E-state index is 12.5. The van der Waals surface area contributed by atoms with E-state index in [9.17, 15) is 4.79 Å². The molecule has 0 spiro atoms. The van der Waals surface area contributed by atoms with Crippen molar-refractivity contribution in [2.45, 2.75) is 33.3 Å². The monoisotopic (exact) mass is 518 g/mol. The maximum Gasteiger partial charge on any atom is 0.414 e. The molecule has 1 amide bonds. The SMILES string of the molecule is COCOc1ccc(/C=C/c2nc3cc(C)c(N(C)C(=O)OC(C)(C)C)cc3s2)cc1Br. The molecule has 0 aliphatic heterocycles. The Balaban J connectivity index is 1.81. The van der Waals surface area contributed by atoms with Crippen molar-refractivity contribution in [3.8, 4) is 5.75 Å². The normalized spacial score (nSPS) is 11.8. The average Bonchev–Trinajstić information content (AvgIpc) is 3.10. The predicted octanol–water partition coefficient (Wildman–Crippen LogP) is 6.89. The first-order valence-electron chi connectivity index (χ1n) is 10.0. The molecule has 0 fully saturated rings. The second kappa shape index (κ2) is 10.0. The number of thiazole rings is 1. The lowest BCUT2D eigenvalue weighted by atomic mass is 10.1. The van der Waals surface area contributed by atoms with Crippen molar-refractivity contribution < 1.29 is 19.0 Å². The van der Waals surface area contributed by atoms with Crippen LogP contribution in [0.25, 0.3) is 22.4 Å². The van der Waals surface area contributed by atoms with Crippen LogP contribution in [0.2, 0.25) is 0 Å². The molecule has 0 atom stereocenters. The number of hydrogen-bond donors (Lipinski definition) is 0. The number of carbonyl (C=O) groups is 1. The first kappa shape index (κ1) is 24.2. The van der Waals surface area contributed by atoms with Crippen molar-refractivity contribution in [3.63, 3.8) is 0 Å². The molecule has 0 bridgehead atoms. The van der Waals surface area contributed by atoms with E-state index in [0.29, 0.717) is 0 Å². The second-order valence-electron chi connectivity index (χ2n) is 8.27. The van der Waals surface area contributed by atoms with Crippen molar-refractivity contribution in [2.75, 3.05) is 25.9 Å². The maximum absolute atomic E-state index is 12.5. The van der Waals surface area contributed by atoms with Gasteiger partial charge in [0.15, 0.2) is 6.79 Å². The summed E-state index contributed by atoms with van der Waals surface area (Å²) in [4.78, 5) is 18.7. The van der Waals surface area contributed by atoms with Gasteiger partial charge in [0.05, 0.1) is 20.4 Å². The summed E-state index contributed by atoms with van der Waals surface area (Å²) in [5, 5.41) is 0.882. The van der Waals surface area contributed by atoms with E-state index in [2.05, 4.69) is 15.9 Å². The van der Waals surface area contributed by atoms with Crippen LogP contribution in [-0.2, 0) is 9.47 Å². The van der Waals surface area contributed by atoms with Crippen LogP contribution in [0.3, 0.4) is 0 Å². The number of ether oxygens (including phenoxy) is 3. The van der Waals surface area contributed by atoms with E-state index in [4.69, 9.17) is 19.2 Å². The zero-order valence-electron chi connectivity index (χ0n) is 19.1. The number of rotatable bonds is 6. The minimum absolute atomic E-state index is 0.198. The summed E-state index contributed by atoms with van der Waals surface area (Å²) in [7, 11) is 3.31. The van der Waals surface area contributed by atoms with E-state index in [1.807, 2.05) is 70.2 Å². The van der Waals surface area contributed by atoms with Crippen LogP contribution in [0.5, 0.6) is 5.75 Å². The number of hydrogen-bond acceptors (Lipinski definition) is 6. The highest BCUT2D eigenvalue weighted by Crippen LogP contribution is 2.32. The zero-order chi connectivity index (χ0) is 23.5. The van der Waals surface area contributed by atoms with E-state index in [0.717, 1.165) is 42.3 Å². The Hall–Kier alpha value is -2.42. The van der Waals surface area contributed by atoms with Crippen molar-refractivity contribution in [1.29, 1.82) is 0 Å². The predicted molar refractivity (Wildman–Crippen MR) is 135 cm³/mol. The fraction of sp³-hybridized carbons (Fsp3) is 0.333. The van der Waals surface area contributed by atoms with Gasteiger partial charge in [-0.2, -0.15) is 0 Å². The molecule has 0 radical (unpaired) electrons. The lowest BCUT2D eigenvalue weighted by Crippen LogP contribution is -2.34. The third-order valence-corrected chi connectivity index (χ3v) is 6.06. The van der Waals surface area contributed by atoms with E-state index in [-0.39, 0.29) is 12.9 Å². The summed E-state index contributed by atoms with van der Waals surface area (Å²) >= 11 is 5.09. The van der Waals surface area contributed by atoms with Crippen LogP contribution in [0.15, 0.2) is 34.8 Å².